The third-order valence-electron chi connectivity index (χ3n) is 4.29. The molecule has 0 spiro atoms. The highest BCUT2D eigenvalue weighted by Crippen LogP contribution is 2.24. The summed E-state index contributed by atoms with van der Waals surface area (Å²) in [6.07, 6.45) is 0. The zero-order valence-corrected chi connectivity index (χ0v) is 16.7. The van der Waals surface area contributed by atoms with Crippen LogP contribution in [-0.2, 0) is 10.0 Å². The second-order valence-corrected chi connectivity index (χ2v) is 8.43. The Morgan fingerprint density at radius 2 is 1.54 bits per heavy atom. The molecule has 1 amide bonds. The molecule has 0 saturated carbocycles. The molecule has 28 heavy (non-hydrogen) atoms. The number of hydrogen-bond donors (Lipinski definition) is 2. The second kappa shape index (κ2) is 8.56. The first-order valence-corrected chi connectivity index (χ1v) is 10.4. The summed E-state index contributed by atoms with van der Waals surface area (Å²) in [6.45, 7) is 0. The average Bonchev–Trinajstić information content (AvgIpc) is 2.73. The maximum atomic E-state index is 12.9. The smallest absolute Gasteiger partial charge is 0.252 e. The van der Waals surface area contributed by atoms with E-state index in [1.165, 1.54) is 19.2 Å². The summed E-state index contributed by atoms with van der Waals surface area (Å²) >= 11 is 5.99. The molecular formula is C21H19ClN2O3S. The Hall–Kier alpha value is -2.67. The summed E-state index contributed by atoms with van der Waals surface area (Å²) in [6, 6.07) is 22.3. The van der Waals surface area contributed by atoms with Gasteiger partial charge in [-0.15, -0.1) is 0 Å². The Morgan fingerprint density at radius 1 is 0.893 bits per heavy atom. The van der Waals surface area contributed by atoms with Crippen LogP contribution in [0.15, 0.2) is 83.8 Å². The lowest BCUT2D eigenvalue weighted by molar-refractivity contribution is 0.0942. The van der Waals surface area contributed by atoms with Crippen molar-refractivity contribution in [2.75, 3.05) is 7.05 Å². The van der Waals surface area contributed by atoms with Crippen molar-refractivity contribution in [3.8, 4) is 0 Å². The van der Waals surface area contributed by atoms with Gasteiger partial charge in [-0.05, 0) is 48.5 Å². The third-order valence-corrected chi connectivity index (χ3v) is 5.95. The fourth-order valence-corrected chi connectivity index (χ4v) is 3.70. The maximum Gasteiger partial charge on any atom is 0.252 e. The zero-order valence-electron chi connectivity index (χ0n) is 15.1. The van der Waals surface area contributed by atoms with E-state index in [0.29, 0.717) is 5.02 Å². The van der Waals surface area contributed by atoms with Gasteiger partial charge in [0.2, 0.25) is 10.0 Å². The van der Waals surface area contributed by atoms with Gasteiger partial charge in [0.1, 0.15) is 0 Å². The molecule has 0 bridgehead atoms. The highest BCUT2D eigenvalue weighted by molar-refractivity contribution is 7.89. The summed E-state index contributed by atoms with van der Waals surface area (Å²) < 4.78 is 26.3. The minimum atomic E-state index is -3.64. The summed E-state index contributed by atoms with van der Waals surface area (Å²) in [4.78, 5) is 12.9. The molecule has 3 rings (SSSR count). The number of sulfonamides is 1. The molecule has 3 aromatic rings. The van der Waals surface area contributed by atoms with Crippen molar-refractivity contribution in [3.63, 3.8) is 0 Å². The first kappa shape index (κ1) is 20.1. The van der Waals surface area contributed by atoms with Gasteiger partial charge in [0.15, 0.2) is 0 Å². The third kappa shape index (κ3) is 4.59. The number of amides is 1. The topological polar surface area (TPSA) is 75.3 Å². The van der Waals surface area contributed by atoms with Crippen LogP contribution in [0.2, 0.25) is 5.02 Å². The number of halogens is 1. The van der Waals surface area contributed by atoms with Crippen molar-refractivity contribution in [1.82, 2.24) is 10.0 Å². The van der Waals surface area contributed by atoms with Gasteiger partial charge in [-0.25, -0.2) is 13.1 Å². The number of hydrogen-bond acceptors (Lipinski definition) is 3. The Balaban J connectivity index is 1.94. The van der Waals surface area contributed by atoms with Crippen molar-refractivity contribution < 1.29 is 13.2 Å². The van der Waals surface area contributed by atoms with E-state index in [2.05, 4.69) is 10.0 Å². The molecule has 1 atom stereocenters. The molecule has 5 nitrogen and oxygen atoms in total. The van der Waals surface area contributed by atoms with Gasteiger partial charge in [-0.3, -0.25) is 4.79 Å². The van der Waals surface area contributed by atoms with Crippen molar-refractivity contribution in [2.24, 2.45) is 0 Å². The number of rotatable bonds is 6. The van der Waals surface area contributed by atoms with Crippen LogP contribution in [0.5, 0.6) is 0 Å². The van der Waals surface area contributed by atoms with E-state index in [1.807, 2.05) is 42.5 Å². The molecule has 0 saturated heterocycles. The van der Waals surface area contributed by atoms with E-state index in [4.69, 9.17) is 11.6 Å². The van der Waals surface area contributed by atoms with Crippen LogP contribution in [0, 0.1) is 0 Å². The largest absolute Gasteiger partial charge is 0.341 e. The Bertz CT molecular complexity index is 1070. The number of nitrogens with one attached hydrogen (secondary N) is 2. The maximum absolute atomic E-state index is 12.9. The predicted octanol–water partition coefficient (Wildman–Crippen LogP) is 3.77. The van der Waals surface area contributed by atoms with E-state index in [-0.39, 0.29) is 16.4 Å². The van der Waals surface area contributed by atoms with Crippen LogP contribution in [-0.4, -0.2) is 21.4 Å². The van der Waals surface area contributed by atoms with Gasteiger partial charge < -0.3 is 5.32 Å². The molecule has 144 valence electrons. The first-order valence-electron chi connectivity index (χ1n) is 8.55. The first-order chi connectivity index (χ1) is 13.4. The molecular weight excluding hydrogens is 396 g/mol. The lowest BCUT2D eigenvalue weighted by Crippen LogP contribution is -2.29. The SMILES string of the molecule is CNS(=O)(=O)c1cccc(C(=O)NC(c2ccccc2)c2ccc(Cl)cc2)c1. The van der Waals surface area contributed by atoms with Crippen molar-refractivity contribution >= 4 is 27.5 Å². The molecule has 0 radical (unpaired) electrons. The van der Waals surface area contributed by atoms with E-state index in [9.17, 15) is 13.2 Å². The van der Waals surface area contributed by atoms with Gasteiger partial charge in [0, 0.05) is 10.6 Å². The highest BCUT2D eigenvalue weighted by Gasteiger charge is 2.19. The second-order valence-electron chi connectivity index (χ2n) is 6.10. The van der Waals surface area contributed by atoms with Crippen molar-refractivity contribution in [3.05, 3.63) is 101 Å². The average molecular weight is 415 g/mol. The predicted molar refractivity (Wildman–Crippen MR) is 110 cm³/mol. The summed E-state index contributed by atoms with van der Waals surface area (Å²) in [5.41, 5.74) is 2.02. The fraction of sp³-hybridized carbons (Fsp3) is 0.0952. The molecule has 3 aromatic carbocycles. The standard InChI is InChI=1S/C21H19ClN2O3S/c1-23-28(26,27)19-9-5-8-17(14-19)21(25)24-20(15-6-3-2-4-7-15)16-10-12-18(22)13-11-16/h2-14,20,23H,1H3,(H,24,25). The molecule has 2 N–H and O–H groups in total. The number of carbonyl (C=O) groups excluding carboxylic acids is 1. The van der Waals surface area contributed by atoms with Crippen LogP contribution in [0.4, 0.5) is 0 Å². The van der Waals surface area contributed by atoms with Crippen LogP contribution in [0.3, 0.4) is 0 Å². The zero-order chi connectivity index (χ0) is 20.1. The molecule has 0 aliphatic rings. The van der Waals surface area contributed by atoms with Crippen LogP contribution in [0.1, 0.15) is 27.5 Å². The van der Waals surface area contributed by atoms with Crippen LogP contribution in [0.25, 0.3) is 0 Å². The van der Waals surface area contributed by atoms with E-state index >= 15 is 0 Å². The van der Waals surface area contributed by atoms with Crippen LogP contribution < -0.4 is 10.0 Å². The summed E-state index contributed by atoms with van der Waals surface area (Å²) in [7, 11) is -2.31. The fourth-order valence-electron chi connectivity index (χ4n) is 2.80. The lowest BCUT2D eigenvalue weighted by atomic mass is 9.98. The molecule has 1 unspecified atom stereocenters. The molecule has 7 heteroatoms. The minimum Gasteiger partial charge on any atom is -0.341 e. The quantitative estimate of drug-likeness (QED) is 0.644. The highest BCUT2D eigenvalue weighted by atomic mass is 35.5. The Kier molecular flexibility index (Phi) is 6.14. The summed E-state index contributed by atoms with van der Waals surface area (Å²) in [5, 5.41) is 3.59. The van der Waals surface area contributed by atoms with Gasteiger partial charge in [0.25, 0.3) is 5.91 Å². The molecule has 0 aromatic heterocycles. The molecule has 0 heterocycles. The van der Waals surface area contributed by atoms with E-state index < -0.39 is 16.1 Å². The monoisotopic (exact) mass is 414 g/mol. The number of benzene rings is 3. The molecule has 0 aliphatic carbocycles. The molecule has 0 fully saturated rings. The van der Waals surface area contributed by atoms with E-state index in [0.717, 1.165) is 11.1 Å². The normalized spacial score (nSPS) is 12.4. The van der Waals surface area contributed by atoms with Crippen molar-refractivity contribution in [1.29, 1.82) is 0 Å². The van der Waals surface area contributed by atoms with Gasteiger partial charge in [-0.2, -0.15) is 0 Å². The Morgan fingerprint density at radius 3 is 2.18 bits per heavy atom. The van der Waals surface area contributed by atoms with E-state index in [1.54, 1.807) is 24.3 Å². The van der Waals surface area contributed by atoms with Gasteiger partial charge in [0.05, 0.1) is 10.9 Å². The number of carbonyl (C=O) groups is 1. The van der Waals surface area contributed by atoms with Crippen LogP contribution >= 0.6 is 11.6 Å². The molecule has 0 aliphatic heterocycles. The minimum absolute atomic E-state index is 0.0328. The van der Waals surface area contributed by atoms with Gasteiger partial charge >= 0.3 is 0 Å². The lowest BCUT2D eigenvalue weighted by Gasteiger charge is -2.20. The summed E-state index contributed by atoms with van der Waals surface area (Å²) in [5.74, 6) is -0.378. The Labute approximate surface area is 169 Å². The van der Waals surface area contributed by atoms with Gasteiger partial charge in [-0.1, -0.05) is 60.1 Å². The van der Waals surface area contributed by atoms with Crippen molar-refractivity contribution in [2.45, 2.75) is 10.9 Å².